The Balaban J connectivity index is 1.75. The molecule has 0 aromatic carbocycles. The van der Waals surface area contributed by atoms with Gasteiger partial charge in [0.2, 0.25) is 0 Å². The van der Waals surface area contributed by atoms with Crippen LogP contribution in [0, 0.1) is 22.7 Å². The molecule has 7 nitrogen and oxygen atoms in total. The smallest absolute Gasteiger partial charge is 0.365 e. The van der Waals surface area contributed by atoms with Crippen LogP contribution in [-0.2, 0) is 24.1 Å². The number of carbonyl (C=O) groups excluding carboxylic acids is 2. The normalized spacial score (nSPS) is 21.4. The third kappa shape index (κ3) is 9.08. The fourth-order valence-corrected chi connectivity index (χ4v) is 4.28. The lowest BCUT2D eigenvalue weighted by atomic mass is 9.77. The molecule has 0 amide bonds. The topological polar surface area (TPSA) is 102 Å². The number of hydrogen-bond acceptors (Lipinski definition) is 7. The van der Waals surface area contributed by atoms with Crippen molar-refractivity contribution in [1.29, 1.82) is 0 Å². The highest BCUT2D eigenvalue weighted by Gasteiger charge is 2.28. The number of aliphatic hydroxyl groups excluding tert-OH is 2. The summed E-state index contributed by atoms with van der Waals surface area (Å²) in [5.74, 6) is -0.586. The number of aliphatic hydroxyl groups is 2. The SMILES string of the molecule is CC1=C(O)C(C(C)(C)C)=CC(C=CC(=O)OCCOOC(=O)C=CC2C=C(C(C)(C)C)C(O)=C(C)C2)C1. The predicted octanol–water partition coefficient (Wildman–Crippen LogP) is 6.77. The van der Waals surface area contributed by atoms with E-state index < -0.39 is 11.9 Å². The van der Waals surface area contributed by atoms with E-state index in [-0.39, 0.29) is 35.9 Å². The molecule has 0 aromatic rings. The quantitative estimate of drug-likeness (QED) is 0.121. The Bertz CT molecular complexity index is 968. The summed E-state index contributed by atoms with van der Waals surface area (Å²) in [6, 6.07) is 0. The highest BCUT2D eigenvalue weighted by molar-refractivity contribution is 5.82. The van der Waals surface area contributed by atoms with Crippen LogP contribution >= 0.6 is 0 Å². The number of carbonyl (C=O) groups is 2. The van der Waals surface area contributed by atoms with Crippen LogP contribution in [0.25, 0.3) is 0 Å². The van der Waals surface area contributed by atoms with Crippen molar-refractivity contribution in [2.45, 2.75) is 68.2 Å². The first kappa shape index (κ1) is 30.2. The van der Waals surface area contributed by atoms with Gasteiger partial charge in [-0.1, -0.05) is 65.8 Å². The largest absolute Gasteiger partial charge is 0.508 e. The summed E-state index contributed by atoms with van der Waals surface area (Å²) in [6.45, 7) is 15.8. The van der Waals surface area contributed by atoms with Gasteiger partial charge in [0.05, 0.1) is 0 Å². The molecule has 7 heteroatoms. The molecule has 0 radical (unpaired) electrons. The molecule has 0 heterocycles. The number of esters is 1. The van der Waals surface area contributed by atoms with Crippen molar-refractivity contribution in [2.24, 2.45) is 22.7 Å². The van der Waals surface area contributed by atoms with Crippen molar-refractivity contribution in [3.05, 3.63) is 70.3 Å². The second kappa shape index (κ2) is 12.5. The summed E-state index contributed by atoms with van der Waals surface area (Å²) >= 11 is 0. The van der Waals surface area contributed by atoms with Crippen molar-refractivity contribution >= 4 is 11.9 Å². The van der Waals surface area contributed by atoms with Gasteiger partial charge in [-0.15, -0.1) is 0 Å². The van der Waals surface area contributed by atoms with E-state index in [2.05, 4.69) is 0 Å². The van der Waals surface area contributed by atoms with Gasteiger partial charge in [-0.25, -0.2) is 9.59 Å². The average molecular weight is 515 g/mol. The number of ether oxygens (including phenoxy) is 1. The Morgan fingerprint density at radius 3 is 1.68 bits per heavy atom. The zero-order chi connectivity index (χ0) is 28.0. The number of rotatable bonds is 8. The zero-order valence-corrected chi connectivity index (χ0v) is 23.4. The van der Waals surface area contributed by atoms with E-state index in [1.54, 1.807) is 12.2 Å². The van der Waals surface area contributed by atoms with Crippen molar-refractivity contribution in [3.63, 3.8) is 0 Å². The van der Waals surface area contributed by atoms with Gasteiger partial charge in [0, 0.05) is 12.2 Å². The first-order chi connectivity index (χ1) is 17.1. The van der Waals surface area contributed by atoms with Gasteiger partial charge in [0.1, 0.15) is 24.7 Å². The second-order valence-corrected chi connectivity index (χ2v) is 11.8. The summed E-state index contributed by atoms with van der Waals surface area (Å²) in [4.78, 5) is 33.6. The average Bonchev–Trinajstić information content (AvgIpc) is 2.78. The fraction of sp³-hybridized carbons (Fsp3) is 0.533. The van der Waals surface area contributed by atoms with Crippen molar-refractivity contribution in [1.82, 2.24) is 0 Å². The Morgan fingerprint density at radius 1 is 0.811 bits per heavy atom. The molecule has 0 fully saturated rings. The monoisotopic (exact) mass is 514 g/mol. The fourth-order valence-electron chi connectivity index (χ4n) is 4.28. The lowest BCUT2D eigenvalue weighted by Crippen LogP contribution is -2.18. The van der Waals surface area contributed by atoms with E-state index in [9.17, 15) is 19.8 Å². The maximum atomic E-state index is 12.0. The Kier molecular flexibility index (Phi) is 10.2. The minimum absolute atomic E-state index is 0.0107. The minimum atomic E-state index is -0.668. The molecule has 0 saturated carbocycles. The summed E-state index contributed by atoms with van der Waals surface area (Å²) in [5.41, 5.74) is 3.06. The van der Waals surface area contributed by atoms with Crippen LogP contribution in [-0.4, -0.2) is 35.4 Å². The van der Waals surface area contributed by atoms with E-state index >= 15 is 0 Å². The number of allylic oxidation sites excluding steroid dienone is 8. The third-order valence-electron chi connectivity index (χ3n) is 6.29. The van der Waals surface area contributed by atoms with Crippen LogP contribution in [0.1, 0.15) is 68.2 Å². The van der Waals surface area contributed by atoms with E-state index in [1.165, 1.54) is 12.2 Å². The molecule has 2 rings (SSSR count). The van der Waals surface area contributed by atoms with Crippen LogP contribution in [0.2, 0.25) is 0 Å². The van der Waals surface area contributed by atoms with E-state index in [0.29, 0.717) is 24.4 Å². The van der Waals surface area contributed by atoms with Crippen LogP contribution in [0.3, 0.4) is 0 Å². The lowest BCUT2D eigenvalue weighted by Gasteiger charge is -2.29. The molecule has 0 saturated heterocycles. The highest BCUT2D eigenvalue weighted by Crippen LogP contribution is 2.39. The van der Waals surface area contributed by atoms with E-state index in [1.807, 2.05) is 67.5 Å². The maximum absolute atomic E-state index is 12.0. The van der Waals surface area contributed by atoms with Crippen molar-refractivity contribution < 1.29 is 34.3 Å². The molecule has 0 spiro atoms. The molecule has 37 heavy (non-hydrogen) atoms. The Labute approximate surface area is 220 Å². The molecule has 2 aliphatic carbocycles. The minimum Gasteiger partial charge on any atom is -0.508 e. The Hall–Kier alpha value is -3.06. The van der Waals surface area contributed by atoms with E-state index in [4.69, 9.17) is 14.5 Å². The first-order valence-corrected chi connectivity index (χ1v) is 12.7. The van der Waals surface area contributed by atoms with Gasteiger partial charge in [-0.05, 0) is 71.6 Å². The van der Waals surface area contributed by atoms with Crippen LogP contribution in [0.5, 0.6) is 0 Å². The maximum Gasteiger partial charge on any atom is 0.365 e. The predicted molar refractivity (Wildman–Crippen MR) is 143 cm³/mol. The summed E-state index contributed by atoms with van der Waals surface area (Å²) in [5, 5.41) is 20.7. The lowest BCUT2D eigenvalue weighted by molar-refractivity contribution is -0.270. The van der Waals surface area contributed by atoms with Crippen molar-refractivity contribution in [3.8, 4) is 0 Å². The second-order valence-electron chi connectivity index (χ2n) is 11.8. The molecule has 2 N–H and O–H groups in total. The third-order valence-corrected chi connectivity index (χ3v) is 6.29. The van der Waals surface area contributed by atoms with E-state index in [0.717, 1.165) is 22.3 Å². The molecule has 0 bridgehead atoms. The highest BCUT2D eigenvalue weighted by atomic mass is 17.2. The van der Waals surface area contributed by atoms with Gasteiger partial charge >= 0.3 is 11.9 Å². The summed E-state index contributed by atoms with van der Waals surface area (Å²) in [7, 11) is 0. The summed E-state index contributed by atoms with van der Waals surface area (Å²) in [6.07, 6.45) is 11.3. The number of hydrogen-bond donors (Lipinski definition) is 2. The van der Waals surface area contributed by atoms with Crippen LogP contribution in [0.4, 0.5) is 0 Å². The summed E-state index contributed by atoms with van der Waals surface area (Å²) < 4.78 is 5.10. The first-order valence-electron chi connectivity index (χ1n) is 12.7. The molecule has 2 atom stereocenters. The molecule has 2 unspecified atom stereocenters. The van der Waals surface area contributed by atoms with Crippen LogP contribution in [0.15, 0.2) is 70.3 Å². The standard InChI is InChI=1S/C30H42O7/c1-19-15-21(17-23(27(19)33)29(3,4)5)9-11-25(31)35-13-14-36-37-26(32)12-10-22-16-20(2)28(34)24(18-22)30(6,7)8/h9-12,17-18,21-22,33-34H,13-16H2,1-8H3. The molecule has 204 valence electrons. The van der Waals surface area contributed by atoms with Gasteiger partial charge in [-0.2, -0.15) is 4.89 Å². The van der Waals surface area contributed by atoms with Gasteiger partial charge < -0.3 is 14.9 Å². The van der Waals surface area contributed by atoms with Gasteiger partial charge in [-0.3, -0.25) is 4.89 Å². The Morgan fingerprint density at radius 2 is 1.24 bits per heavy atom. The molecule has 2 aliphatic rings. The van der Waals surface area contributed by atoms with Crippen molar-refractivity contribution in [2.75, 3.05) is 13.2 Å². The molecule has 0 aromatic heterocycles. The molecule has 0 aliphatic heterocycles. The molecular formula is C30H42O7. The van der Waals surface area contributed by atoms with Crippen LogP contribution < -0.4 is 0 Å². The van der Waals surface area contributed by atoms with Gasteiger partial charge in [0.15, 0.2) is 0 Å². The van der Waals surface area contributed by atoms with Gasteiger partial charge in [0.25, 0.3) is 0 Å². The molecular weight excluding hydrogens is 472 g/mol. The zero-order valence-electron chi connectivity index (χ0n) is 23.4.